The highest BCUT2D eigenvalue weighted by molar-refractivity contribution is 5.94. The number of hydrogen-bond acceptors (Lipinski definition) is 2. The summed E-state index contributed by atoms with van der Waals surface area (Å²) in [4.78, 5) is 18.7. The summed E-state index contributed by atoms with van der Waals surface area (Å²) in [5, 5.41) is 0. The van der Waals surface area contributed by atoms with Crippen LogP contribution in [0.2, 0.25) is 0 Å². The average molecular weight is 305 g/mol. The summed E-state index contributed by atoms with van der Waals surface area (Å²) in [5.41, 5.74) is 0.920. The highest BCUT2D eigenvalue weighted by Gasteiger charge is 2.33. The van der Waals surface area contributed by atoms with Crippen LogP contribution in [-0.2, 0) is 7.05 Å². The maximum absolute atomic E-state index is 13.3. The molecule has 0 bridgehead atoms. The molecule has 1 amide bonds. The molecular weight excluding hydrogens is 288 g/mol. The summed E-state index contributed by atoms with van der Waals surface area (Å²) in [5.74, 6) is -1.04. The van der Waals surface area contributed by atoms with Crippen molar-refractivity contribution >= 4 is 5.91 Å². The van der Waals surface area contributed by atoms with E-state index in [0.29, 0.717) is 6.54 Å². The van der Waals surface area contributed by atoms with E-state index in [0.717, 1.165) is 42.6 Å². The molecule has 1 aliphatic rings. The van der Waals surface area contributed by atoms with Crippen LogP contribution < -0.4 is 0 Å². The van der Waals surface area contributed by atoms with Gasteiger partial charge in [-0.1, -0.05) is 0 Å². The Labute approximate surface area is 127 Å². The molecule has 0 saturated carbocycles. The van der Waals surface area contributed by atoms with Crippen molar-refractivity contribution < 1.29 is 13.6 Å². The third kappa shape index (κ3) is 2.61. The van der Waals surface area contributed by atoms with Gasteiger partial charge in [0.05, 0.1) is 11.7 Å². The normalized spacial score (nSPS) is 18.0. The number of rotatable bonds is 2. The van der Waals surface area contributed by atoms with E-state index in [-0.39, 0.29) is 17.5 Å². The fourth-order valence-corrected chi connectivity index (χ4v) is 3.07. The number of nitrogens with zero attached hydrogens (tertiary/aromatic N) is 3. The second-order valence-electron chi connectivity index (χ2n) is 5.67. The largest absolute Gasteiger partial charge is 0.336 e. The summed E-state index contributed by atoms with van der Waals surface area (Å²) in [6.07, 6.45) is 3.55. The van der Waals surface area contributed by atoms with Gasteiger partial charge in [0.25, 0.3) is 5.91 Å². The number of carbonyl (C=O) groups is 1. The van der Waals surface area contributed by atoms with E-state index in [2.05, 4.69) is 4.98 Å². The van der Waals surface area contributed by atoms with Crippen molar-refractivity contribution in [2.75, 3.05) is 6.54 Å². The van der Waals surface area contributed by atoms with Crippen molar-refractivity contribution in [3.05, 3.63) is 53.1 Å². The molecule has 2 aromatic rings. The molecular formula is C16H17F2N3O. The van der Waals surface area contributed by atoms with Gasteiger partial charge in [-0.05, 0) is 31.9 Å². The number of imidazole rings is 1. The summed E-state index contributed by atoms with van der Waals surface area (Å²) in [6, 6.07) is 2.76. The molecule has 1 aromatic carbocycles. The Bertz CT molecular complexity index is 706. The molecule has 1 atom stereocenters. The summed E-state index contributed by atoms with van der Waals surface area (Å²) < 4.78 is 28.6. The van der Waals surface area contributed by atoms with E-state index >= 15 is 0 Å². The Morgan fingerprint density at radius 1 is 1.27 bits per heavy atom. The van der Waals surface area contributed by atoms with Crippen molar-refractivity contribution in [3.8, 4) is 0 Å². The molecule has 1 aliphatic heterocycles. The maximum atomic E-state index is 13.3. The Kier molecular flexibility index (Phi) is 3.68. The van der Waals surface area contributed by atoms with Crippen LogP contribution in [0.25, 0.3) is 0 Å². The molecule has 0 aliphatic carbocycles. The number of carbonyl (C=O) groups excluding carboxylic acids is 1. The average Bonchev–Trinajstić information content (AvgIpc) is 3.02. The predicted molar refractivity (Wildman–Crippen MR) is 77.3 cm³/mol. The summed E-state index contributed by atoms with van der Waals surface area (Å²) in [7, 11) is 1.89. The highest BCUT2D eigenvalue weighted by atomic mass is 19.1. The Balaban J connectivity index is 1.92. The van der Waals surface area contributed by atoms with Crippen LogP contribution >= 0.6 is 0 Å². The molecule has 4 nitrogen and oxygen atoms in total. The minimum Gasteiger partial charge on any atom is -0.336 e. The monoisotopic (exact) mass is 305 g/mol. The van der Waals surface area contributed by atoms with E-state index in [1.54, 1.807) is 4.90 Å². The smallest absolute Gasteiger partial charge is 0.254 e. The highest BCUT2D eigenvalue weighted by Crippen LogP contribution is 2.32. The molecule has 0 spiro atoms. The minimum atomic E-state index is -0.744. The lowest BCUT2D eigenvalue weighted by Crippen LogP contribution is -2.32. The van der Waals surface area contributed by atoms with Crippen molar-refractivity contribution in [1.82, 2.24) is 14.5 Å². The summed E-state index contributed by atoms with van der Waals surface area (Å²) in [6.45, 7) is 2.46. The number of aromatic nitrogens is 2. The Hall–Kier alpha value is -2.24. The quantitative estimate of drug-likeness (QED) is 0.855. The number of amides is 1. The molecule has 22 heavy (non-hydrogen) atoms. The van der Waals surface area contributed by atoms with Crippen molar-refractivity contribution in [1.29, 1.82) is 0 Å². The lowest BCUT2D eigenvalue weighted by molar-refractivity contribution is 0.0727. The van der Waals surface area contributed by atoms with Gasteiger partial charge in [-0.15, -0.1) is 0 Å². The number of aryl methyl sites for hydroxylation is 2. The van der Waals surface area contributed by atoms with Gasteiger partial charge in [0.1, 0.15) is 17.5 Å². The zero-order valence-electron chi connectivity index (χ0n) is 12.5. The molecule has 1 fully saturated rings. The van der Waals surface area contributed by atoms with Crippen LogP contribution in [0.1, 0.15) is 40.8 Å². The molecule has 3 rings (SSSR count). The van der Waals surface area contributed by atoms with Crippen molar-refractivity contribution in [2.45, 2.75) is 25.8 Å². The first-order valence-electron chi connectivity index (χ1n) is 7.22. The van der Waals surface area contributed by atoms with E-state index in [9.17, 15) is 13.6 Å². The third-order valence-corrected chi connectivity index (χ3v) is 3.95. The van der Waals surface area contributed by atoms with Crippen LogP contribution in [0.4, 0.5) is 8.78 Å². The van der Waals surface area contributed by atoms with Crippen molar-refractivity contribution in [2.24, 2.45) is 7.05 Å². The van der Waals surface area contributed by atoms with Gasteiger partial charge < -0.3 is 9.47 Å². The molecule has 116 valence electrons. The molecule has 1 aromatic heterocycles. The van der Waals surface area contributed by atoms with Crippen LogP contribution in [0.5, 0.6) is 0 Å². The molecule has 1 saturated heterocycles. The molecule has 0 N–H and O–H groups in total. The second kappa shape index (κ2) is 5.51. The standard InChI is InChI=1S/C16H17F2N3O/c1-10-9-20(2)15(19-10)14-4-3-5-21(14)16(22)11-6-12(17)8-13(18)7-11/h6-9,14H,3-5H2,1-2H3/t14-/m0/s1. The Morgan fingerprint density at radius 3 is 2.55 bits per heavy atom. The van der Waals surface area contributed by atoms with Gasteiger partial charge in [-0.25, -0.2) is 13.8 Å². The fraction of sp³-hybridized carbons (Fsp3) is 0.375. The van der Waals surface area contributed by atoms with Gasteiger partial charge in [0.2, 0.25) is 0 Å². The van der Waals surface area contributed by atoms with Gasteiger partial charge in [-0.3, -0.25) is 4.79 Å². The van der Waals surface area contributed by atoms with Gasteiger partial charge in [0.15, 0.2) is 0 Å². The first kappa shape index (κ1) is 14.7. The zero-order valence-corrected chi connectivity index (χ0v) is 12.5. The second-order valence-corrected chi connectivity index (χ2v) is 5.67. The summed E-state index contributed by atoms with van der Waals surface area (Å²) >= 11 is 0. The molecule has 2 heterocycles. The number of likely N-dealkylation sites (tertiary alicyclic amines) is 1. The molecule has 6 heteroatoms. The minimum absolute atomic E-state index is 0.0373. The zero-order chi connectivity index (χ0) is 15.9. The number of hydrogen-bond donors (Lipinski definition) is 0. The third-order valence-electron chi connectivity index (χ3n) is 3.95. The van der Waals surface area contributed by atoms with Crippen LogP contribution in [0, 0.1) is 18.6 Å². The van der Waals surface area contributed by atoms with E-state index in [4.69, 9.17) is 0 Å². The predicted octanol–water partition coefficient (Wildman–Crippen LogP) is 2.98. The first-order chi connectivity index (χ1) is 10.5. The lowest BCUT2D eigenvalue weighted by atomic mass is 10.1. The first-order valence-corrected chi connectivity index (χ1v) is 7.22. The van der Waals surface area contributed by atoms with Crippen molar-refractivity contribution in [3.63, 3.8) is 0 Å². The Morgan fingerprint density at radius 2 is 1.95 bits per heavy atom. The van der Waals surface area contributed by atoms with Crippen LogP contribution in [-0.4, -0.2) is 26.9 Å². The molecule has 0 radical (unpaired) electrons. The van der Waals surface area contributed by atoms with E-state index in [1.165, 1.54) is 0 Å². The lowest BCUT2D eigenvalue weighted by Gasteiger charge is -2.24. The topological polar surface area (TPSA) is 38.1 Å². The molecule has 0 unspecified atom stereocenters. The maximum Gasteiger partial charge on any atom is 0.254 e. The van der Waals surface area contributed by atoms with Crippen LogP contribution in [0.15, 0.2) is 24.4 Å². The number of halogens is 2. The van der Waals surface area contributed by atoms with E-state index < -0.39 is 11.6 Å². The fourth-order valence-electron chi connectivity index (χ4n) is 3.07. The van der Waals surface area contributed by atoms with Gasteiger partial charge in [0, 0.05) is 31.4 Å². The number of benzene rings is 1. The SMILES string of the molecule is Cc1cn(C)c([C@@H]2CCCN2C(=O)c2cc(F)cc(F)c2)n1. The van der Waals surface area contributed by atoms with E-state index in [1.807, 2.05) is 24.7 Å². The van der Waals surface area contributed by atoms with Gasteiger partial charge >= 0.3 is 0 Å². The van der Waals surface area contributed by atoms with Crippen LogP contribution in [0.3, 0.4) is 0 Å². The van der Waals surface area contributed by atoms with Gasteiger partial charge in [-0.2, -0.15) is 0 Å².